The summed E-state index contributed by atoms with van der Waals surface area (Å²) in [6.07, 6.45) is -0.0937. The quantitative estimate of drug-likeness (QED) is 0.576. The summed E-state index contributed by atoms with van der Waals surface area (Å²) in [5.41, 5.74) is -0.0279. The van der Waals surface area contributed by atoms with E-state index in [-0.39, 0.29) is 5.69 Å². The molecule has 0 radical (unpaired) electrons. The van der Waals surface area contributed by atoms with Crippen LogP contribution in [0.1, 0.15) is 10.5 Å². The Bertz CT molecular complexity index is 318. The summed E-state index contributed by atoms with van der Waals surface area (Å²) in [6, 6.07) is 0. The molecule has 0 saturated heterocycles. The topological polar surface area (TPSA) is 97.1 Å². The molecule has 0 atom stereocenters. The lowest BCUT2D eigenvalue weighted by atomic mass is 10.4. The van der Waals surface area contributed by atoms with Gasteiger partial charge in [0.2, 0.25) is 0 Å². The highest BCUT2D eigenvalue weighted by Crippen LogP contribution is 1.89. The Morgan fingerprint density at radius 1 is 1.67 bits per heavy atom. The molecule has 1 aromatic rings. The van der Waals surface area contributed by atoms with Gasteiger partial charge in [0, 0.05) is 7.05 Å². The molecule has 12 heavy (non-hydrogen) atoms. The first kappa shape index (κ1) is 8.18. The van der Waals surface area contributed by atoms with Crippen LogP contribution in [0.25, 0.3) is 0 Å². The second-order valence-corrected chi connectivity index (χ2v) is 2.04. The number of carbonyl (C=O) groups is 2. The van der Waals surface area contributed by atoms with Crippen LogP contribution >= 0.6 is 0 Å². The summed E-state index contributed by atoms with van der Waals surface area (Å²) in [6.45, 7) is 0. The van der Waals surface area contributed by atoms with Gasteiger partial charge < -0.3 is 5.11 Å². The zero-order chi connectivity index (χ0) is 9.14. The van der Waals surface area contributed by atoms with Gasteiger partial charge in [-0.3, -0.25) is 14.8 Å². The number of aryl methyl sites for hydroxylation is 1. The number of carbonyl (C=O) groups excluding carboxylic acids is 1. The first-order chi connectivity index (χ1) is 5.59. The molecule has 1 heterocycles. The molecule has 1 rings (SSSR count). The lowest BCUT2D eigenvalue weighted by Crippen LogP contribution is -2.28. The zero-order valence-corrected chi connectivity index (χ0v) is 6.18. The molecule has 0 aromatic carbocycles. The molecule has 0 fully saturated rings. The van der Waals surface area contributed by atoms with Gasteiger partial charge in [-0.15, -0.1) is 5.10 Å². The van der Waals surface area contributed by atoms with Crippen molar-refractivity contribution in [1.82, 2.24) is 20.3 Å². The van der Waals surface area contributed by atoms with Gasteiger partial charge in [0.25, 0.3) is 5.91 Å². The lowest BCUT2D eigenvalue weighted by Gasteiger charge is -1.92. The van der Waals surface area contributed by atoms with Crippen LogP contribution in [0, 0.1) is 0 Å². The number of amides is 2. The average Bonchev–Trinajstić information content (AvgIpc) is 2.34. The van der Waals surface area contributed by atoms with Gasteiger partial charge in [-0.2, -0.15) is 0 Å². The van der Waals surface area contributed by atoms with Crippen molar-refractivity contribution in [2.45, 2.75) is 0 Å². The Morgan fingerprint density at radius 2 is 2.33 bits per heavy atom. The molecule has 0 unspecified atom stereocenters. The predicted molar refractivity (Wildman–Crippen MR) is 36.5 cm³/mol. The third kappa shape index (κ3) is 1.78. The van der Waals surface area contributed by atoms with Gasteiger partial charge >= 0.3 is 6.09 Å². The highest BCUT2D eigenvalue weighted by atomic mass is 16.4. The molecular formula is C5H6N4O3. The molecule has 0 saturated carbocycles. The second kappa shape index (κ2) is 2.99. The van der Waals surface area contributed by atoms with E-state index in [2.05, 4.69) is 10.3 Å². The molecule has 0 aliphatic heterocycles. The fourth-order valence-electron chi connectivity index (χ4n) is 0.613. The van der Waals surface area contributed by atoms with E-state index in [1.165, 1.54) is 10.9 Å². The lowest BCUT2D eigenvalue weighted by molar-refractivity contribution is 0.0943. The van der Waals surface area contributed by atoms with Crippen molar-refractivity contribution >= 4 is 12.0 Å². The normalized spacial score (nSPS) is 9.42. The fourth-order valence-corrected chi connectivity index (χ4v) is 0.613. The predicted octanol–water partition coefficient (Wildman–Crippen LogP) is -0.777. The van der Waals surface area contributed by atoms with E-state index < -0.39 is 12.0 Å². The number of hydrogen-bond acceptors (Lipinski definition) is 4. The van der Waals surface area contributed by atoms with E-state index in [4.69, 9.17) is 5.11 Å². The molecule has 2 N–H and O–H groups in total. The molecule has 1 aromatic heterocycles. The second-order valence-electron chi connectivity index (χ2n) is 2.04. The van der Waals surface area contributed by atoms with Gasteiger partial charge in [0.1, 0.15) is 0 Å². The summed E-state index contributed by atoms with van der Waals surface area (Å²) < 4.78 is 1.30. The molecule has 0 aliphatic carbocycles. The summed E-state index contributed by atoms with van der Waals surface area (Å²) in [7, 11) is 1.57. The maximum absolute atomic E-state index is 10.9. The van der Waals surface area contributed by atoms with Crippen LogP contribution in [-0.4, -0.2) is 32.1 Å². The largest absolute Gasteiger partial charge is 0.465 e. The van der Waals surface area contributed by atoms with Crippen molar-refractivity contribution < 1.29 is 14.7 Å². The van der Waals surface area contributed by atoms with Crippen LogP contribution in [0.15, 0.2) is 6.20 Å². The molecule has 0 spiro atoms. The van der Waals surface area contributed by atoms with Gasteiger partial charge in [-0.25, -0.2) is 4.79 Å². The third-order valence-corrected chi connectivity index (χ3v) is 1.06. The SMILES string of the molecule is Cn1cc(C(=O)NC(=O)O)nn1. The Hall–Kier alpha value is -1.92. The molecule has 7 heteroatoms. The highest BCUT2D eigenvalue weighted by molar-refractivity contribution is 6.00. The number of aromatic nitrogens is 3. The minimum Gasteiger partial charge on any atom is -0.465 e. The first-order valence-electron chi connectivity index (χ1n) is 3.00. The van der Waals surface area contributed by atoms with Gasteiger partial charge in [0.15, 0.2) is 5.69 Å². The van der Waals surface area contributed by atoms with Crippen LogP contribution < -0.4 is 5.32 Å². The summed E-state index contributed by atoms with van der Waals surface area (Å²) in [5.74, 6) is -0.782. The van der Waals surface area contributed by atoms with Crippen molar-refractivity contribution in [3.05, 3.63) is 11.9 Å². The van der Waals surface area contributed by atoms with E-state index in [9.17, 15) is 9.59 Å². The number of nitrogens with zero attached hydrogens (tertiary/aromatic N) is 3. The van der Waals surface area contributed by atoms with Crippen molar-refractivity contribution in [2.75, 3.05) is 0 Å². The van der Waals surface area contributed by atoms with Crippen molar-refractivity contribution in [3.63, 3.8) is 0 Å². The molecule has 0 bridgehead atoms. The van der Waals surface area contributed by atoms with Crippen LogP contribution in [0.5, 0.6) is 0 Å². The third-order valence-electron chi connectivity index (χ3n) is 1.06. The van der Waals surface area contributed by atoms with Crippen LogP contribution in [0.4, 0.5) is 4.79 Å². The smallest absolute Gasteiger partial charge is 0.411 e. The molecule has 2 amide bonds. The minimum absolute atomic E-state index is 0.0279. The monoisotopic (exact) mass is 170 g/mol. The summed E-state index contributed by atoms with van der Waals surface area (Å²) in [5, 5.41) is 16.7. The Balaban J connectivity index is 2.72. The number of rotatable bonds is 1. The van der Waals surface area contributed by atoms with Crippen LogP contribution in [0.2, 0.25) is 0 Å². The van der Waals surface area contributed by atoms with E-state index in [0.717, 1.165) is 0 Å². The number of nitrogens with one attached hydrogen (secondary N) is 1. The first-order valence-corrected chi connectivity index (χ1v) is 3.00. The Morgan fingerprint density at radius 3 is 2.75 bits per heavy atom. The van der Waals surface area contributed by atoms with E-state index in [0.29, 0.717) is 0 Å². The van der Waals surface area contributed by atoms with Crippen molar-refractivity contribution in [2.24, 2.45) is 7.05 Å². The molecule has 7 nitrogen and oxygen atoms in total. The fraction of sp³-hybridized carbons (Fsp3) is 0.200. The maximum Gasteiger partial charge on any atom is 0.411 e. The van der Waals surface area contributed by atoms with Crippen molar-refractivity contribution in [1.29, 1.82) is 0 Å². The summed E-state index contributed by atoms with van der Waals surface area (Å²) >= 11 is 0. The van der Waals surface area contributed by atoms with E-state index >= 15 is 0 Å². The number of carboxylic acid groups (broad SMARTS) is 1. The van der Waals surface area contributed by atoms with Crippen molar-refractivity contribution in [3.8, 4) is 0 Å². The Labute approximate surface area is 67.0 Å². The standard InChI is InChI=1S/C5H6N4O3/c1-9-2-3(7-8-9)4(10)6-5(11)12/h2H,1H3,(H,6,10)(H,11,12). The number of hydrogen-bond donors (Lipinski definition) is 2. The van der Waals surface area contributed by atoms with E-state index in [1.54, 1.807) is 12.4 Å². The highest BCUT2D eigenvalue weighted by Gasteiger charge is 2.11. The minimum atomic E-state index is -1.41. The molecule has 0 aliphatic rings. The number of imide groups is 1. The average molecular weight is 170 g/mol. The van der Waals surface area contributed by atoms with Gasteiger partial charge in [-0.1, -0.05) is 5.21 Å². The Kier molecular flexibility index (Phi) is 2.04. The van der Waals surface area contributed by atoms with Crippen LogP contribution in [-0.2, 0) is 7.05 Å². The maximum atomic E-state index is 10.9. The van der Waals surface area contributed by atoms with Gasteiger partial charge in [0.05, 0.1) is 6.20 Å². The van der Waals surface area contributed by atoms with E-state index in [1.807, 2.05) is 0 Å². The van der Waals surface area contributed by atoms with Crippen LogP contribution in [0.3, 0.4) is 0 Å². The molecular weight excluding hydrogens is 164 g/mol. The molecule has 64 valence electrons. The summed E-state index contributed by atoms with van der Waals surface area (Å²) in [4.78, 5) is 20.9. The van der Waals surface area contributed by atoms with Gasteiger partial charge in [-0.05, 0) is 0 Å². The zero-order valence-electron chi connectivity index (χ0n) is 6.18.